The second kappa shape index (κ2) is 8.73. The number of ether oxygens (including phenoxy) is 2. The number of hydrogen-bond donors (Lipinski definition) is 1. The molecule has 1 N–H and O–H groups in total. The molecule has 5 nitrogen and oxygen atoms in total. The number of methoxy groups -OCH3 is 1. The van der Waals surface area contributed by atoms with Crippen LogP contribution < -0.4 is 14.8 Å². The summed E-state index contributed by atoms with van der Waals surface area (Å²) in [6.45, 7) is 6.29. The Balaban J connectivity index is 3.21. The van der Waals surface area contributed by atoms with Gasteiger partial charge in [-0.15, -0.1) is 0 Å². The summed E-state index contributed by atoms with van der Waals surface area (Å²) in [4.78, 5) is 12.0. The largest absolute Gasteiger partial charge is 0.493 e. The fourth-order valence-corrected chi connectivity index (χ4v) is 1.81. The van der Waals surface area contributed by atoms with E-state index in [0.717, 1.165) is 6.42 Å². The zero-order valence-corrected chi connectivity index (χ0v) is 13.5. The maximum Gasteiger partial charge on any atom is 0.261 e. The topological polar surface area (TPSA) is 71.4 Å². The van der Waals surface area contributed by atoms with Gasteiger partial charge in [0, 0.05) is 12.1 Å². The van der Waals surface area contributed by atoms with Gasteiger partial charge in [0.1, 0.15) is 11.6 Å². The highest BCUT2D eigenvalue weighted by atomic mass is 16.5. The molecule has 0 saturated carbocycles. The standard InChI is InChI=1S/C17H22N2O3/c1-5-9-19-17(20)14(11-18)10-13-7-6-8-15(21-4)16(13)22-12(2)3/h6-8,10,12H,5,9H2,1-4H3,(H,19,20)/b14-10+. The molecule has 0 unspecified atom stereocenters. The molecule has 0 atom stereocenters. The number of hydrogen-bond acceptors (Lipinski definition) is 4. The Labute approximate surface area is 131 Å². The van der Waals surface area contributed by atoms with E-state index in [1.807, 2.05) is 26.8 Å². The van der Waals surface area contributed by atoms with Crippen LogP contribution in [0, 0.1) is 11.3 Å². The molecule has 0 fully saturated rings. The Bertz CT molecular complexity index is 586. The number of nitrogens with one attached hydrogen (secondary N) is 1. The van der Waals surface area contributed by atoms with E-state index in [1.165, 1.54) is 6.08 Å². The highest BCUT2D eigenvalue weighted by Gasteiger charge is 2.14. The van der Waals surface area contributed by atoms with Crippen LogP contribution in [0.3, 0.4) is 0 Å². The zero-order valence-electron chi connectivity index (χ0n) is 13.5. The molecule has 0 heterocycles. The van der Waals surface area contributed by atoms with E-state index < -0.39 is 0 Å². The monoisotopic (exact) mass is 302 g/mol. The number of nitrogens with zero attached hydrogens (tertiary/aromatic N) is 1. The van der Waals surface area contributed by atoms with E-state index in [2.05, 4.69) is 5.32 Å². The van der Waals surface area contributed by atoms with Crippen LogP contribution in [0.5, 0.6) is 11.5 Å². The molecular weight excluding hydrogens is 280 g/mol. The van der Waals surface area contributed by atoms with Crippen molar-refractivity contribution < 1.29 is 14.3 Å². The Morgan fingerprint density at radius 3 is 2.73 bits per heavy atom. The van der Waals surface area contributed by atoms with E-state index in [-0.39, 0.29) is 17.6 Å². The van der Waals surface area contributed by atoms with E-state index in [0.29, 0.717) is 23.6 Å². The first-order chi connectivity index (χ1) is 10.5. The van der Waals surface area contributed by atoms with Gasteiger partial charge >= 0.3 is 0 Å². The Hall–Kier alpha value is -2.48. The summed E-state index contributed by atoms with van der Waals surface area (Å²) in [5.74, 6) is 0.701. The number of rotatable bonds is 7. The SMILES string of the molecule is CCCNC(=O)/C(C#N)=C/c1cccc(OC)c1OC(C)C. The number of para-hydroxylation sites is 1. The van der Waals surface area contributed by atoms with Gasteiger partial charge in [0.2, 0.25) is 0 Å². The van der Waals surface area contributed by atoms with Crippen molar-refractivity contribution in [2.75, 3.05) is 13.7 Å². The van der Waals surface area contributed by atoms with E-state index in [1.54, 1.807) is 25.3 Å². The first-order valence-corrected chi connectivity index (χ1v) is 7.27. The normalized spacial score (nSPS) is 11.0. The average molecular weight is 302 g/mol. The number of benzene rings is 1. The highest BCUT2D eigenvalue weighted by molar-refractivity contribution is 6.02. The van der Waals surface area contributed by atoms with E-state index in [9.17, 15) is 10.1 Å². The molecule has 5 heteroatoms. The van der Waals surface area contributed by atoms with Crippen molar-refractivity contribution >= 4 is 12.0 Å². The molecule has 0 saturated heterocycles. The minimum absolute atomic E-state index is 0.0373. The molecule has 0 spiro atoms. The molecule has 22 heavy (non-hydrogen) atoms. The van der Waals surface area contributed by atoms with Gasteiger partial charge in [-0.2, -0.15) is 5.26 Å². The van der Waals surface area contributed by atoms with Crippen LogP contribution in [0.1, 0.15) is 32.8 Å². The van der Waals surface area contributed by atoms with Crippen LogP contribution in [0.2, 0.25) is 0 Å². The predicted octanol–water partition coefficient (Wildman–Crippen LogP) is 2.92. The van der Waals surface area contributed by atoms with Crippen molar-refractivity contribution in [3.8, 4) is 17.6 Å². The quantitative estimate of drug-likeness (QED) is 0.621. The molecule has 0 aromatic heterocycles. The van der Waals surface area contributed by atoms with Crippen LogP contribution >= 0.6 is 0 Å². The second-order valence-electron chi connectivity index (χ2n) is 4.97. The van der Waals surface area contributed by atoms with E-state index in [4.69, 9.17) is 9.47 Å². The average Bonchev–Trinajstić information content (AvgIpc) is 2.50. The van der Waals surface area contributed by atoms with Gasteiger partial charge in [0.25, 0.3) is 5.91 Å². The van der Waals surface area contributed by atoms with Gasteiger partial charge in [0.05, 0.1) is 13.2 Å². The third kappa shape index (κ3) is 4.81. The zero-order chi connectivity index (χ0) is 16.5. The third-order valence-electron chi connectivity index (χ3n) is 2.78. The lowest BCUT2D eigenvalue weighted by molar-refractivity contribution is -0.117. The van der Waals surface area contributed by atoms with Gasteiger partial charge in [0.15, 0.2) is 11.5 Å². The van der Waals surface area contributed by atoms with Crippen LogP contribution in [0.25, 0.3) is 6.08 Å². The minimum atomic E-state index is -0.386. The first-order valence-electron chi connectivity index (χ1n) is 7.27. The Morgan fingerprint density at radius 1 is 1.45 bits per heavy atom. The van der Waals surface area contributed by atoms with Gasteiger partial charge in [-0.1, -0.05) is 19.1 Å². The van der Waals surface area contributed by atoms with Crippen molar-refractivity contribution in [3.05, 3.63) is 29.3 Å². The van der Waals surface area contributed by atoms with Crippen molar-refractivity contribution in [3.63, 3.8) is 0 Å². The molecule has 0 bridgehead atoms. The van der Waals surface area contributed by atoms with Crippen molar-refractivity contribution in [2.24, 2.45) is 0 Å². The number of amides is 1. The van der Waals surface area contributed by atoms with Crippen LogP contribution in [0.4, 0.5) is 0 Å². The second-order valence-corrected chi connectivity index (χ2v) is 4.97. The lowest BCUT2D eigenvalue weighted by Gasteiger charge is -2.16. The van der Waals surface area contributed by atoms with E-state index >= 15 is 0 Å². The molecule has 118 valence electrons. The minimum Gasteiger partial charge on any atom is -0.493 e. The number of nitriles is 1. The molecule has 1 aromatic carbocycles. The molecule has 0 aliphatic heterocycles. The molecule has 0 radical (unpaired) electrons. The van der Waals surface area contributed by atoms with Gasteiger partial charge < -0.3 is 14.8 Å². The van der Waals surface area contributed by atoms with Gasteiger partial charge in [-0.05, 0) is 32.4 Å². The number of carbonyl (C=O) groups excluding carboxylic acids is 1. The van der Waals surface area contributed by atoms with Gasteiger partial charge in [-0.25, -0.2) is 0 Å². The van der Waals surface area contributed by atoms with Crippen molar-refractivity contribution in [1.29, 1.82) is 5.26 Å². The maximum atomic E-state index is 12.0. The molecule has 1 aromatic rings. The highest BCUT2D eigenvalue weighted by Crippen LogP contribution is 2.33. The fourth-order valence-electron chi connectivity index (χ4n) is 1.81. The molecule has 0 aliphatic carbocycles. The van der Waals surface area contributed by atoms with Gasteiger partial charge in [-0.3, -0.25) is 4.79 Å². The van der Waals surface area contributed by atoms with Crippen LogP contribution in [-0.4, -0.2) is 25.7 Å². The van der Waals surface area contributed by atoms with Crippen LogP contribution in [-0.2, 0) is 4.79 Å². The lowest BCUT2D eigenvalue weighted by Crippen LogP contribution is -2.25. The molecular formula is C17H22N2O3. The Kier molecular flexibility index (Phi) is 6.97. The molecule has 1 rings (SSSR count). The third-order valence-corrected chi connectivity index (χ3v) is 2.78. The molecule has 1 amide bonds. The summed E-state index contributed by atoms with van der Waals surface area (Å²) in [7, 11) is 1.55. The summed E-state index contributed by atoms with van der Waals surface area (Å²) in [5, 5.41) is 11.9. The summed E-state index contributed by atoms with van der Waals surface area (Å²) in [6, 6.07) is 7.28. The Morgan fingerprint density at radius 2 is 2.18 bits per heavy atom. The van der Waals surface area contributed by atoms with Crippen LogP contribution in [0.15, 0.2) is 23.8 Å². The predicted molar refractivity (Wildman–Crippen MR) is 85.6 cm³/mol. The molecule has 0 aliphatic rings. The van der Waals surface area contributed by atoms with Crippen molar-refractivity contribution in [2.45, 2.75) is 33.3 Å². The number of carbonyl (C=O) groups is 1. The summed E-state index contributed by atoms with van der Waals surface area (Å²) < 4.78 is 11.1. The lowest BCUT2D eigenvalue weighted by atomic mass is 10.1. The first kappa shape index (κ1) is 17.6. The fraction of sp³-hybridized carbons (Fsp3) is 0.412. The maximum absolute atomic E-state index is 12.0. The summed E-state index contributed by atoms with van der Waals surface area (Å²) in [6.07, 6.45) is 2.28. The smallest absolute Gasteiger partial charge is 0.261 e. The van der Waals surface area contributed by atoms with Crippen molar-refractivity contribution in [1.82, 2.24) is 5.32 Å². The summed E-state index contributed by atoms with van der Waals surface area (Å²) >= 11 is 0. The summed E-state index contributed by atoms with van der Waals surface area (Å²) in [5.41, 5.74) is 0.673.